The maximum Gasteiger partial charge on any atom is 0.309 e. The van der Waals surface area contributed by atoms with Crippen LogP contribution in [0.25, 0.3) is 10.9 Å². The third-order valence-electron chi connectivity index (χ3n) is 6.65. The summed E-state index contributed by atoms with van der Waals surface area (Å²) in [6, 6.07) is 10.5. The summed E-state index contributed by atoms with van der Waals surface area (Å²) in [6.45, 7) is 6.14. The van der Waals surface area contributed by atoms with E-state index in [9.17, 15) is 4.79 Å². The Balaban J connectivity index is 1.53. The molecule has 1 aliphatic carbocycles. The van der Waals surface area contributed by atoms with Crippen LogP contribution in [0.2, 0.25) is 0 Å². The molecule has 4 heteroatoms. The Labute approximate surface area is 160 Å². The molecule has 4 nitrogen and oxygen atoms in total. The van der Waals surface area contributed by atoms with Crippen LogP contribution in [0, 0.1) is 17.8 Å². The van der Waals surface area contributed by atoms with Gasteiger partial charge in [-0.05, 0) is 56.2 Å². The van der Waals surface area contributed by atoms with E-state index in [1.54, 1.807) is 0 Å². The zero-order chi connectivity index (χ0) is 18.4. The van der Waals surface area contributed by atoms with E-state index < -0.39 is 0 Å². The number of hydrogen-bond acceptors (Lipinski definition) is 4. The zero-order valence-corrected chi connectivity index (χ0v) is 15.6. The molecule has 1 aromatic heterocycles. The van der Waals surface area contributed by atoms with Gasteiger partial charge in [-0.1, -0.05) is 24.3 Å². The number of esters is 1. The van der Waals surface area contributed by atoms with Crippen molar-refractivity contribution in [3.8, 4) is 0 Å². The monoisotopic (exact) mass is 362 g/mol. The molecular formula is C23H26N2O2. The summed E-state index contributed by atoms with van der Waals surface area (Å²) in [4.78, 5) is 19.6. The quantitative estimate of drug-likeness (QED) is 0.593. The molecule has 2 bridgehead atoms. The van der Waals surface area contributed by atoms with Crippen molar-refractivity contribution in [3.63, 3.8) is 0 Å². The number of hydrogen-bond donors (Lipinski definition) is 0. The number of rotatable bonds is 5. The van der Waals surface area contributed by atoms with Gasteiger partial charge in [-0.25, -0.2) is 0 Å². The lowest BCUT2D eigenvalue weighted by atomic mass is 9.73. The van der Waals surface area contributed by atoms with Crippen LogP contribution in [0.3, 0.4) is 0 Å². The Hall–Kier alpha value is -2.20. The predicted octanol–water partition coefficient (Wildman–Crippen LogP) is 4.13. The van der Waals surface area contributed by atoms with E-state index in [4.69, 9.17) is 4.74 Å². The smallest absolute Gasteiger partial charge is 0.309 e. The van der Waals surface area contributed by atoms with Crippen LogP contribution in [-0.2, 0) is 9.53 Å². The number of carbonyl (C=O) groups is 1. The molecule has 0 N–H and O–H groups in total. The molecule has 0 amide bonds. The molecule has 1 unspecified atom stereocenters. The third-order valence-corrected chi connectivity index (χ3v) is 6.65. The Morgan fingerprint density at radius 3 is 2.85 bits per heavy atom. The first-order chi connectivity index (χ1) is 13.2. The average molecular weight is 362 g/mol. The van der Waals surface area contributed by atoms with Crippen molar-refractivity contribution in [2.24, 2.45) is 17.8 Å². The minimum atomic E-state index is -0.223. The molecule has 5 atom stereocenters. The van der Waals surface area contributed by atoms with Crippen LogP contribution in [0.4, 0.5) is 0 Å². The van der Waals surface area contributed by atoms with Crippen LogP contribution < -0.4 is 0 Å². The third kappa shape index (κ3) is 3.06. The number of fused-ring (bicyclic) bond motifs is 4. The van der Waals surface area contributed by atoms with Crippen molar-refractivity contribution in [2.45, 2.75) is 37.8 Å². The number of para-hydroxylation sites is 1. The SMILES string of the molecule is C=C[C@@H]1CN2CC[C@H]1C[C@@H]2[C@H](OC(=O)C1CC1)c1ccnc2ccccc12. The minimum absolute atomic E-state index is 0.0242. The first kappa shape index (κ1) is 16.9. The van der Waals surface area contributed by atoms with Gasteiger partial charge < -0.3 is 4.74 Å². The number of piperidine rings is 3. The summed E-state index contributed by atoms with van der Waals surface area (Å²) in [6.07, 6.45) is 7.96. The molecule has 0 spiro atoms. The number of ether oxygens (including phenoxy) is 1. The van der Waals surface area contributed by atoms with Crippen LogP contribution in [0.1, 0.15) is 37.4 Å². The highest BCUT2D eigenvalue weighted by atomic mass is 16.5. The van der Waals surface area contributed by atoms with E-state index >= 15 is 0 Å². The molecular weight excluding hydrogens is 336 g/mol. The van der Waals surface area contributed by atoms with Crippen LogP contribution in [0.15, 0.2) is 49.2 Å². The summed E-state index contributed by atoms with van der Waals surface area (Å²) >= 11 is 0. The Morgan fingerprint density at radius 2 is 2.11 bits per heavy atom. The molecule has 0 radical (unpaired) electrons. The van der Waals surface area contributed by atoms with Gasteiger partial charge in [0, 0.05) is 23.7 Å². The molecule has 2 aromatic rings. The summed E-state index contributed by atoms with van der Waals surface area (Å²) in [5.41, 5.74) is 2.06. The number of carbonyl (C=O) groups excluding carboxylic acids is 1. The second-order valence-corrected chi connectivity index (χ2v) is 8.30. The lowest BCUT2D eigenvalue weighted by molar-refractivity contribution is -0.158. The molecule has 4 aliphatic rings. The summed E-state index contributed by atoms with van der Waals surface area (Å²) in [5, 5.41) is 1.09. The lowest BCUT2D eigenvalue weighted by Gasteiger charge is -2.51. The van der Waals surface area contributed by atoms with Crippen molar-refractivity contribution in [1.82, 2.24) is 9.88 Å². The summed E-state index contributed by atoms with van der Waals surface area (Å²) in [5.74, 6) is 1.29. The average Bonchev–Trinajstić information content (AvgIpc) is 3.57. The summed E-state index contributed by atoms with van der Waals surface area (Å²) < 4.78 is 6.20. The van der Waals surface area contributed by atoms with Crippen molar-refractivity contribution in [2.75, 3.05) is 13.1 Å². The van der Waals surface area contributed by atoms with Gasteiger partial charge in [0.15, 0.2) is 0 Å². The molecule has 6 rings (SSSR count). The van der Waals surface area contributed by atoms with Gasteiger partial charge in [-0.2, -0.15) is 0 Å². The van der Waals surface area contributed by atoms with Crippen LogP contribution in [0.5, 0.6) is 0 Å². The fraction of sp³-hybridized carbons (Fsp3) is 0.478. The molecule has 1 aromatic carbocycles. The topological polar surface area (TPSA) is 42.4 Å². The van der Waals surface area contributed by atoms with Gasteiger partial charge in [0.2, 0.25) is 0 Å². The highest BCUT2D eigenvalue weighted by Gasteiger charge is 2.45. The molecule has 140 valence electrons. The molecule has 1 saturated carbocycles. The van der Waals surface area contributed by atoms with Crippen LogP contribution >= 0.6 is 0 Å². The first-order valence-corrected chi connectivity index (χ1v) is 10.2. The molecule has 4 fully saturated rings. The van der Waals surface area contributed by atoms with Gasteiger partial charge in [-0.3, -0.25) is 14.7 Å². The zero-order valence-electron chi connectivity index (χ0n) is 15.6. The number of nitrogens with zero attached hydrogens (tertiary/aromatic N) is 2. The van der Waals surface area contributed by atoms with Crippen molar-refractivity contribution >= 4 is 16.9 Å². The normalized spacial score (nSPS) is 30.8. The fourth-order valence-electron chi connectivity index (χ4n) is 4.95. The predicted molar refractivity (Wildman–Crippen MR) is 105 cm³/mol. The van der Waals surface area contributed by atoms with Gasteiger partial charge in [0.25, 0.3) is 0 Å². The standard InChI is InChI=1S/C23H26N2O2/c1-2-15-14-25-12-10-17(15)13-21(25)22(27-23(26)16-7-8-16)19-9-11-24-20-6-4-3-5-18(19)20/h2-6,9,11,15-17,21-22H,1,7-8,10,12-14H2/t15-,17+,21-,22-/m1/s1. The van der Waals surface area contributed by atoms with E-state index in [1.807, 2.05) is 30.5 Å². The molecule has 27 heavy (non-hydrogen) atoms. The van der Waals surface area contributed by atoms with Crippen molar-refractivity contribution in [3.05, 3.63) is 54.7 Å². The first-order valence-electron chi connectivity index (χ1n) is 10.2. The van der Waals surface area contributed by atoms with Crippen molar-refractivity contribution in [1.29, 1.82) is 0 Å². The largest absolute Gasteiger partial charge is 0.456 e. The van der Waals surface area contributed by atoms with Gasteiger partial charge in [0.05, 0.1) is 17.5 Å². The number of aromatic nitrogens is 1. The Morgan fingerprint density at radius 1 is 1.26 bits per heavy atom. The fourth-order valence-corrected chi connectivity index (χ4v) is 4.95. The molecule has 3 saturated heterocycles. The number of benzene rings is 1. The summed E-state index contributed by atoms with van der Waals surface area (Å²) in [7, 11) is 0. The second-order valence-electron chi connectivity index (χ2n) is 8.30. The van der Waals surface area contributed by atoms with E-state index in [1.165, 1.54) is 6.42 Å². The Kier molecular flexibility index (Phi) is 4.24. The van der Waals surface area contributed by atoms with Crippen LogP contribution in [-0.4, -0.2) is 35.0 Å². The van der Waals surface area contributed by atoms with Gasteiger partial charge >= 0.3 is 5.97 Å². The maximum atomic E-state index is 12.6. The van der Waals surface area contributed by atoms with Gasteiger partial charge in [0.1, 0.15) is 6.10 Å². The second kappa shape index (κ2) is 6.75. The van der Waals surface area contributed by atoms with E-state index in [0.29, 0.717) is 11.8 Å². The van der Waals surface area contributed by atoms with Crippen molar-refractivity contribution < 1.29 is 9.53 Å². The lowest BCUT2D eigenvalue weighted by Crippen LogP contribution is -2.55. The van der Waals surface area contributed by atoms with E-state index in [-0.39, 0.29) is 24.0 Å². The highest BCUT2D eigenvalue weighted by molar-refractivity contribution is 5.83. The Bertz CT molecular complexity index is 870. The highest BCUT2D eigenvalue weighted by Crippen LogP contribution is 2.44. The van der Waals surface area contributed by atoms with E-state index in [2.05, 4.69) is 28.6 Å². The number of pyridine rings is 1. The maximum absolute atomic E-state index is 12.6. The van der Waals surface area contributed by atoms with E-state index in [0.717, 1.165) is 48.8 Å². The molecule has 3 aliphatic heterocycles. The minimum Gasteiger partial charge on any atom is -0.456 e. The molecule has 4 heterocycles. The van der Waals surface area contributed by atoms with Gasteiger partial charge in [-0.15, -0.1) is 6.58 Å².